The van der Waals surface area contributed by atoms with Crippen LogP contribution in [0.2, 0.25) is 0 Å². The summed E-state index contributed by atoms with van der Waals surface area (Å²) in [5.41, 5.74) is 2.66. The zero-order valence-corrected chi connectivity index (χ0v) is 16.9. The van der Waals surface area contributed by atoms with Crippen molar-refractivity contribution in [2.75, 3.05) is 0 Å². The molecular formula is C15H27N9O6. The zero-order chi connectivity index (χ0) is 23.2. The molecular weight excluding hydrogens is 402 g/mol. The fourth-order valence-electron chi connectivity index (χ4n) is 2.65. The molecule has 3 unspecified atom stereocenters. The van der Waals surface area contributed by atoms with Gasteiger partial charge in [-0.15, -0.1) is 0 Å². The highest BCUT2D eigenvalue weighted by Gasteiger charge is 2.24. The second-order valence-electron chi connectivity index (χ2n) is 6.91. The Morgan fingerprint density at radius 1 is 0.633 bits per heavy atom. The van der Waals surface area contributed by atoms with Crippen LogP contribution in [0, 0.1) is 17.8 Å². The average molecular weight is 429 g/mol. The summed E-state index contributed by atoms with van der Waals surface area (Å²) < 4.78 is 2.00. The van der Waals surface area contributed by atoms with E-state index in [1.54, 1.807) is 0 Å². The van der Waals surface area contributed by atoms with Crippen LogP contribution in [0.4, 0.5) is 0 Å². The summed E-state index contributed by atoms with van der Waals surface area (Å²) >= 11 is 0. The molecule has 0 aliphatic carbocycles. The lowest BCUT2D eigenvalue weighted by molar-refractivity contribution is -0.125. The third-order valence-corrected chi connectivity index (χ3v) is 4.52. The van der Waals surface area contributed by atoms with Gasteiger partial charge in [0, 0.05) is 19.6 Å². The molecule has 0 aromatic carbocycles. The van der Waals surface area contributed by atoms with Crippen LogP contribution in [0.3, 0.4) is 0 Å². The monoisotopic (exact) mass is 429 g/mol. The van der Waals surface area contributed by atoms with Crippen molar-refractivity contribution < 1.29 is 14.4 Å². The van der Waals surface area contributed by atoms with Gasteiger partial charge < -0.3 is 0 Å². The van der Waals surface area contributed by atoms with Gasteiger partial charge in [-0.1, -0.05) is 20.8 Å². The Morgan fingerprint density at radius 2 is 0.833 bits per heavy atom. The summed E-state index contributed by atoms with van der Waals surface area (Å²) in [5.74, 6) is 10.6. The predicted octanol–water partition coefficient (Wildman–Crippen LogP) is -4.95. The number of hydrazine groups is 3. The molecule has 30 heavy (non-hydrogen) atoms. The Hall–Kier alpha value is -3.30. The van der Waals surface area contributed by atoms with Crippen molar-refractivity contribution in [1.82, 2.24) is 30.0 Å². The van der Waals surface area contributed by atoms with E-state index in [0.29, 0.717) is 13.7 Å². The van der Waals surface area contributed by atoms with Crippen LogP contribution in [0.5, 0.6) is 0 Å². The van der Waals surface area contributed by atoms with Crippen LogP contribution >= 0.6 is 0 Å². The van der Waals surface area contributed by atoms with E-state index in [1.807, 2.05) is 16.3 Å². The molecule has 1 aromatic heterocycles. The molecule has 0 radical (unpaired) electrons. The van der Waals surface area contributed by atoms with Crippen molar-refractivity contribution in [1.29, 1.82) is 0 Å². The quantitative estimate of drug-likeness (QED) is 0.125. The lowest BCUT2D eigenvalue weighted by Gasteiger charge is -2.19. The minimum atomic E-state index is -1.02. The van der Waals surface area contributed by atoms with Gasteiger partial charge in [-0.3, -0.25) is 30.7 Å². The molecule has 0 fully saturated rings. The molecule has 1 heterocycles. The average Bonchev–Trinajstić information content (AvgIpc) is 2.74. The standard InChI is InChI=1S/C15H27N9O6/c1-7(10(25)19-16)4-22-13(28)23(5-8(2)11(26)20-17)15(30)24(14(22)29)6-9(3)12(27)21-18/h7-9H,4-6,16-18H2,1-3H3,(H,19,25)(H,20,26)(H,21,27). The first kappa shape index (κ1) is 24.7. The molecule has 0 spiro atoms. The lowest BCUT2D eigenvalue weighted by Crippen LogP contribution is -2.57. The molecule has 3 amide bonds. The van der Waals surface area contributed by atoms with Crippen molar-refractivity contribution in [2.24, 2.45) is 35.3 Å². The van der Waals surface area contributed by atoms with Crippen LogP contribution in [-0.4, -0.2) is 31.4 Å². The molecule has 3 atom stereocenters. The van der Waals surface area contributed by atoms with Gasteiger partial charge >= 0.3 is 17.1 Å². The normalized spacial score (nSPS) is 13.8. The third-order valence-electron chi connectivity index (χ3n) is 4.52. The Morgan fingerprint density at radius 3 is 1.00 bits per heavy atom. The first-order valence-corrected chi connectivity index (χ1v) is 8.95. The van der Waals surface area contributed by atoms with Crippen molar-refractivity contribution in [2.45, 2.75) is 40.4 Å². The van der Waals surface area contributed by atoms with Gasteiger partial charge in [0.25, 0.3) is 0 Å². The van der Waals surface area contributed by atoms with E-state index < -0.39 is 72.2 Å². The second-order valence-corrected chi connectivity index (χ2v) is 6.91. The van der Waals surface area contributed by atoms with Gasteiger partial charge in [0.15, 0.2) is 0 Å². The summed E-state index contributed by atoms with van der Waals surface area (Å²) in [6.07, 6.45) is 0. The molecule has 0 bridgehead atoms. The van der Waals surface area contributed by atoms with Gasteiger partial charge in [-0.25, -0.2) is 45.6 Å². The fourth-order valence-corrected chi connectivity index (χ4v) is 2.65. The SMILES string of the molecule is CC(Cn1c(=O)n(CC(C)C(=O)NN)c(=O)n(CC(C)C(=O)NN)c1=O)C(=O)NN. The Bertz CT molecular complexity index is 824. The molecule has 0 saturated carbocycles. The molecule has 15 heteroatoms. The zero-order valence-electron chi connectivity index (χ0n) is 16.9. The first-order chi connectivity index (χ1) is 14.0. The highest BCUT2D eigenvalue weighted by Crippen LogP contribution is 2.00. The van der Waals surface area contributed by atoms with Crippen molar-refractivity contribution in [3.63, 3.8) is 0 Å². The van der Waals surface area contributed by atoms with E-state index in [4.69, 9.17) is 17.5 Å². The van der Waals surface area contributed by atoms with Gasteiger partial charge in [0.1, 0.15) is 0 Å². The molecule has 1 aromatic rings. The van der Waals surface area contributed by atoms with Crippen LogP contribution in [0.15, 0.2) is 14.4 Å². The number of nitrogens with one attached hydrogen (secondary N) is 3. The number of carbonyl (C=O) groups is 3. The van der Waals surface area contributed by atoms with Gasteiger partial charge in [-0.05, 0) is 0 Å². The fraction of sp³-hybridized carbons (Fsp3) is 0.600. The topological polar surface area (TPSA) is 231 Å². The highest BCUT2D eigenvalue weighted by molar-refractivity contribution is 5.78. The Kier molecular flexibility index (Phi) is 8.63. The highest BCUT2D eigenvalue weighted by atomic mass is 16.2. The molecule has 0 aliphatic rings. The maximum absolute atomic E-state index is 12.8. The molecule has 1 rings (SSSR count). The predicted molar refractivity (Wildman–Crippen MR) is 104 cm³/mol. The van der Waals surface area contributed by atoms with E-state index >= 15 is 0 Å². The summed E-state index contributed by atoms with van der Waals surface area (Å²) in [5, 5.41) is 0. The number of aromatic nitrogens is 3. The largest absolute Gasteiger partial charge is 0.336 e. The third kappa shape index (κ3) is 5.40. The maximum Gasteiger partial charge on any atom is 0.336 e. The number of nitrogens with two attached hydrogens (primary N) is 3. The Balaban J connectivity index is 3.63. The van der Waals surface area contributed by atoms with Crippen LogP contribution in [0.25, 0.3) is 0 Å². The lowest BCUT2D eigenvalue weighted by atomic mass is 10.1. The van der Waals surface area contributed by atoms with E-state index in [2.05, 4.69) is 0 Å². The number of hydrogen-bond acceptors (Lipinski definition) is 9. The molecule has 9 N–H and O–H groups in total. The van der Waals surface area contributed by atoms with Gasteiger partial charge in [0.2, 0.25) is 17.7 Å². The summed E-state index contributed by atoms with van der Waals surface area (Å²) in [4.78, 5) is 73.6. The van der Waals surface area contributed by atoms with Crippen LogP contribution in [0.1, 0.15) is 20.8 Å². The number of hydrogen-bond donors (Lipinski definition) is 6. The van der Waals surface area contributed by atoms with Gasteiger partial charge in [-0.2, -0.15) is 0 Å². The van der Waals surface area contributed by atoms with E-state index in [-0.39, 0.29) is 0 Å². The first-order valence-electron chi connectivity index (χ1n) is 8.95. The van der Waals surface area contributed by atoms with Crippen LogP contribution < -0.4 is 50.9 Å². The summed E-state index contributed by atoms with van der Waals surface area (Å²) in [6, 6.07) is 0. The Labute approximate surface area is 170 Å². The number of nitrogens with zero attached hydrogens (tertiary/aromatic N) is 3. The van der Waals surface area contributed by atoms with Crippen molar-refractivity contribution in [3.8, 4) is 0 Å². The van der Waals surface area contributed by atoms with Crippen molar-refractivity contribution in [3.05, 3.63) is 31.5 Å². The molecule has 168 valence electrons. The second kappa shape index (κ2) is 10.5. The minimum absolute atomic E-state index is 0.393. The number of amides is 3. The van der Waals surface area contributed by atoms with Crippen molar-refractivity contribution >= 4 is 17.7 Å². The molecule has 0 saturated heterocycles. The van der Waals surface area contributed by atoms with E-state index in [1.165, 1.54) is 20.8 Å². The maximum atomic E-state index is 12.8. The molecule has 0 aliphatic heterocycles. The summed E-state index contributed by atoms with van der Waals surface area (Å²) in [7, 11) is 0. The summed E-state index contributed by atoms with van der Waals surface area (Å²) in [6.45, 7) is 3.08. The minimum Gasteiger partial charge on any atom is -0.294 e. The number of carbonyl (C=O) groups excluding carboxylic acids is 3. The smallest absolute Gasteiger partial charge is 0.294 e. The van der Waals surface area contributed by atoms with Gasteiger partial charge in [0.05, 0.1) is 17.8 Å². The molecule has 15 nitrogen and oxygen atoms in total. The van der Waals surface area contributed by atoms with E-state index in [0.717, 1.165) is 0 Å². The van der Waals surface area contributed by atoms with Crippen LogP contribution in [-0.2, 0) is 34.0 Å². The number of rotatable bonds is 9. The van der Waals surface area contributed by atoms with E-state index in [9.17, 15) is 28.8 Å².